The van der Waals surface area contributed by atoms with Gasteiger partial charge in [-0.25, -0.2) is 0 Å². The lowest BCUT2D eigenvalue weighted by Crippen LogP contribution is -2.28. The molecule has 0 aliphatic heterocycles. The van der Waals surface area contributed by atoms with Crippen LogP contribution in [0.3, 0.4) is 0 Å². The van der Waals surface area contributed by atoms with E-state index in [4.69, 9.17) is 0 Å². The average molecular weight is 167 g/mol. The van der Waals surface area contributed by atoms with Gasteiger partial charge >= 0.3 is 0 Å². The second-order valence-electron chi connectivity index (χ2n) is 4.06. The fourth-order valence-electron chi connectivity index (χ4n) is 1.38. The summed E-state index contributed by atoms with van der Waals surface area (Å²) in [6, 6.07) is 0.681. The van der Waals surface area contributed by atoms with Crippen molar-refractivity contribution in [3.05, 3.63) is 12.2 Å². The van der Waals surface area contributed by atoms with Crippen LogP contribution >= 0.6 is 0 Å². The van der Waals surface area contributed by atoms with Crippen molar-refractivity contribution in [1.29, 1.82) is 0 Å². The topological polar surface area (TPSA) is 12.0 Å². The monoisotopic (exact) mass is 167 g/mol. The van der Waals surface area contributed by atoms with Gasteiger partial charge < -0.3 is 5.32 Å². The van der Waals surface area contributed by atoms with E-state index in [0.29, 0.717) is 6.04 Å². The van der Waals surface area contributed by atoms with Crippen molar-refractivity contribution in [2.24, 2.45) is 5.92 Å². The van der Waals surface area contributed by atoms with Crippen LogP contribution in [0.25, 0.3) is 0 Å². The molecule has 70 valence electrons. The molecule has 1 atom stereocenters. The Bertz CT molecular complexity index is 147. The molecular weight excluding hydrogens is 146 g/mol. The molecule has 1 nitrogen and oxygen atoms in total. The number of rotatable bonds is 6. The zero-order chi connectivity index (χ0) is 8.97. The Morgan fingerprint density at radius 2 is 2.25 bits per heavy atom. The summed E-state index contributed by atoms with van der Waals surface area (Å²) in [4.78, 5) is 0. The molecule has 0 aromatic rings. The SMILES string of the molecule is C=C(CC)CNC(C)CC1CC1. The van der Waals surface area contributed by atoms with Gasteiger partial charge in [0.15, 0.2) is 0 Å². The van der Waals surface area contributed by atoms with Crippen LogP contribution in [0.5, 0.6) is 0 Å². The molecule has 0 radical (unpaired) electrons. The summed E-state index contributed by atoms with van der Waals surface area (Å²) >= 11 is 0. The van der Waals surface area contributed by atoms with E-state index in [9.17, 15) is 0 Å². The molecule has 0 spiro atoms. The van der Waals surface area contributed by atoms with E-state index in [2.05, 4.69) is 25.7 Å². The van der Waals surface area contributed by atoms with Crippen LogP contribution in [0.1, 0.15) is 39.5 Å². The summed E-state index contributed by atoms with van der Waals surface area (Å²) in [6.07, 6.45) is 5.38. The minimum Gasteiger partial charge on any atom is -0.311 e. The standard InChI is InChI=1S/C11H21N/c1-4-9(2)8-12-10(3)7-11-5-6-11/h10-12H,2,4-8H2,1,3H3. The first-order valence-electron chi connectivity index (χ1n) is 5.12. The molecule has 0 aromatic carbocycles. The van der Waals surface area contributed by atoms with Crippen molar-refractivity contribution in [2.75, 3.05) is 6.54 Å². The van der Waals surface area contributed by atoms with Crippen molar-refractivity contribution in [3.8, 4) is 0 Å². The summed E-state index contributed by atoms with van der Waals surface area (Å²) in [5, 5.41) is 3.51. The number of hydrogen-bond donors (Lipinski definition) is 1. The molecular formula is C11H21N. The first kappa shape index (κ1) is 9.79. The van der Waals surface area contributed by atoms with E-state index in [0.717, 1.165) is 18.9 Å². The zero-order valence-corrected chi connectivity index (χ0v) is 8.40. The molecule has 12 heavy (non-hydrogen) atoms. The van der Waals surface area contributed by atoms with Gasteiger partial charge in [-0.1, -0.05) is 31.9 Å². The molecule has 1 N–H and O–H groups in total. The number of hydrogen-bond acceptors (Lipinski definition) is 1. The van der Waals surface area contributed by atoms with Crippen LogP contribution in [0, 0.1) is 5.92 Å². The second kappa shape index (κ2) is 4.66. The maximum absolute atomic E-state index is 3.98. The predicted molar refractivity (Wildman–Crippen MR) is 54.2 cm³/mol. The molecule has 0 heterocycles. The van der Waals surface area contributed by atoms with E-state index >= 15 is 0 Å². The number of nitrogens with one attached hydrogen (secondary N) is 1. The Balaban J connectivity index is 2.00. The van der Waals surface area contributed by atoms with Gasteiger partial charge in [-0.2, -0.15) is 0 Å². The highest BCUT2D eigenvalue weighted by Gasteiger charge is 2.23. The molecule has 1 heteroatoms. The van der Waals surface area contributed by atoms with Gasteiger partial charge in [0.25, 0.3) is 0 Å². The van der Waals surface area contributed by atoms with Crippen molar-refractivity contribution in [2.45, 2.75) is 45.6 Å². The Morgan fingerprint density at radius 3 is 2.75 bits per heavy atom. The first-order valence-corrected chi connectivity index (χ1v) is 5.12. The average Bonchev–Trinajstić information content (AvgIpc) is 2.84. The maximum atomic E-state index is 3.98. The molecule has 0 aromatic heterocycles. The highest BCUT2D eigenvalue weighted by Crippen LogP contribution is 2.33. The van der Waals surface area contributed by atoms with Gasteiger partial charge in [-0.05, 0) is 25.7 Å². The third-order valence-corrected chi connectivity index (χ3v) is 2.58. The van der Waals surface area contributed by atoms with Gasteiger partial charge in [-0.3, -0.25) is 0 Å². The molecule has 0 amide bonds. The van der Waals surface area contributed by atoms with E-state index in [-0.39, 0.29) is 0 Å². The van der Waals surface area contributed by atoms with Gasteiger partial charge in [0, 0.05) is 12.6 Å². The van der Waals surface area contributed by atoms with E-state index in [1.165, 1.54) is 24.8 Å². The second-order valence-corrected chi connectivity index (χ2v) is 4.06. The fraction of sp³-hybridized carbons (Fsp3) is 0.818. The first-order chi connectivity index (χ1) is 5.72. The summed E-state index contributed by atoms with van der Waals surface area (Å²) in [5.74, 6) is 1.03. The summed E-state index contributed by atoms with van der Waals surface area (Å²) in [6.45, 7) is 9.42. The van der Waals surface area contributed by atoms with Crippen LogP contribution in [-0.2, 0) is 0 Å². The Kier molecular flexibility index (Phi) is 3.80. The predicted octanol–water partition coefficient (Wildman–Crippen LogP) is 2.73. The molecule has 1 unspecified atom stereocenters. The minimum absolute atomic E-state index is 0.681. The van der Waals surface area contributed by atoms with Crippen molar-refractivity contribution in [1.82, 2.24) is 5.32 Å². The van der Waals surface area contributed by atoms with Crippen molar-refractivity contribution >= 4 is 0 Å². The van der Waals surface area contributed by atoms with Crippen molar-refractivity contribution in [3.63, 3.8) is 0 Å². The molecule has 1 saturated carbocycles. The summed E-state index contributed by atoms with van der Waals surface area (Å²) in [7, 11) is 0. The normalized spacial score (nSPS) is 19.2. The molecule has 0 saturated heterocycles. The smallest absolute Gasteiger partial charge is 0.0164 e. The summed E-state index contributed by atoms with van der Waals surface area (Å²) < 4.78 is 0. The molecule has 0 bridgehead atoms. The molecule has 1 aliphatic rings. The lowest BCUT2D eigenvalue weighted by molar-refractivity contribution is 0.504. The quantitative estimate of drug-likeness (QED) is 0.600. The van der Waals surface area contributed by atoms with Crippen LogP contribution in [-0.4, -0.2) is 12.6 Å². The van der Waals surface area contributed by atoms with E-state index in [1.807, 2.05) is 0 Å². The molecule has 1 fully saturated rings. The van der Waals surface area contributed by atoms with Crippen LogP contribution in [0.2, 0.25) is 0 Å². The zero-order valence-electron chi connectivity index (χ0n) is 8.40. The fourth-order valence-corrected chi connectivity index (χ4v) is 1.38. The lowest BCUT2D eigenvalue weighted by Gasteiger charge is -2.13. The summed E-state index contributed by atoms with van der Waals surface area (Å²) in [5.41, 5.74) is 1.32. The van der Waals surface area contributed by atoms with Gasteiger partial charge in [-0.15, -0.1) is 0 Å². The minimum atomic E-state index is 0.681. The Labute approximate surface area is 76.2 Å². The lowest BCUT2D eigenvalue weighted by atomic mass is 10.1. The van der Waals surface area contributed by atoms with Crippen molar-refractivity contribution < 1.29 is 0 Å². The third-order valence-electron chi connectivity index (χ3n) is 2.58. The van der Waals surface area contributed by atoms with E-state index < -0.39 is 0 Å². The van der Waals surface area contributed by atoms with Crippen LogP contribution in [0.4, 0.5) is 0 Å². The van der Waals surface area contributed by atoms with Gasteiger partial charge in [0.2, 0.25) is 0 Å². The Morgan fingerprint density at radius 1 is 1.58 bits per heavy atom. The van der Waals surface area contributed by atoms with Crippen LogP contribution < -0.4 is 5.32 Å². The molecule has 1 aliphatic carbocycles. The van der Waals surface area contributed by atoms with Gasteiger partial charge in [0.1, 0.15) is 0 Å². The van der Waals surface area contributed by atoms with Crippen LogP contribution in [0.15, 0.2) is 12.2 Å². The molecule has 1 rings (SSSR count). The largest absolute Gasteiger partial charge is 0.311 e. The Hall–Kier alpha value is -0.300. The highest BCUT2D eigenvalue weighted by atomic mass is 14.9. The third kappa shape index (κ3) is 3.91. The van der Waals surface area contributed by atoms with E-state index in [1.54, 1.807) is 0 Å². The highest BCUT2D eigenvalue weighted by molar-refractivity contribution is 4.95. The maximum Gasteiger partial charge on any atom is 0.0164 e. The van der Waals surface area contributed by atoms with Gasteiger partial charge in [0.05, 0.1) is 0 Å².